The number of carbonyl (C=O) groups excluding carboxylic acids is 1. The van der Waals surface area contributed by atoms with Gasteiger partial charge in [-0.05, 0) is 25.5 Å². The zero-order chi connectivity index (χ0) is 13.7. The molecular weight excluding hydrogens is 242 g/mol. The number of carbonyl (C=O) groups is 1. The van der Waals surface area contributed by atoms with Crippen LogP contribution in [0.4, 0.5) is 11.5 Å². The van der Waals surface area contributed by atoms with Crippen LogP contribution in [0.1, 0.15) is 29.3 Å². The highest BCUT2D eigenvalue weighted by Crippen LogP contribution is 2.19. The van der Waals surface area contributed by atoms with Crippen LogP contribution >= 0.6 is 0 Å². The monoisotopic (exact) mass is 259 g/mol. The first-order chi connectivity index (χ1) is 9.20. The number of benzene rings is 1. The number of anilines is 2. The predicted molar refractivity (Wildman–Crippen MR) is 74.4 cm³/mol. The molecule has 0 fully saturated rings. The largest absolute Gasteiger partial charge is 0.384 e. The summed E-state index contributed by atoms with van der Waals surface area (Å²) in [4.78, 5) is 12.2. The van der Waals surface area contributed by atoms with E-state index in [1.165, 1.54) is 6.26 Å². The van der Waals surface area contributed by atoms with Gasteiger partial charge in [-0.25, -0.2) is 0 Å². The Morgan fingerprint density at radius 2 is 2.21 bits per heavy atom. The summed E-state index contributed by atoms with van der Waals surface area (Å²) in [5.41, 5.74) is 2.47. The lowest BCUT2D eigenvalue weighted by Crippen LogP contribution is -2.15. The Hall–Kier alpha value is -2.30. The maximum atomic E-state index is 12.2. The van der Waals surface area contributed by atoms with Crippen LogP contribution in [0.15, 0.2) is 35.1 Å². The molecule has 0 aliphatic rings. The highest BCUT2D eigenvalue weighted by Gasteiger charge is 2.12. The second-order valence-corrected chi connectivity index (χ2v) is 4.31. The molecule has 2 aromatic rings. The summed E-state index contributed by atoms with van der Waals surface area (Å²) < 4.78 is 4.69. The van der Waals surface area contributed by atoms with E-state index in [0.29, 0.717) is 11.4 Å². The molecule has 0 saturated heterocycles. The normalized spacial score (nSPS) is 10.2. The number of hydrogen-bond acceptors (Lipinski definition) is 4. The summed E-state index contributed by atoms with van der Waals surface area (Å²) in [6.45, 7) is 4.86. The third-order valence-electron chi connectivity index (χ3n) is 2.66. The van der Waals surface area contributed by atoms with Crippen molar-refractivity contribution in [3.63, 3.8) is 0 Å². The first-order valence-electron chi connectivity index (χ1n) is 6.27. The van der Waals surface area contributed by atoms with E-state index in [1.807, 2.05) is 25.1 Å². The summed E-state index contributed by atoms with van der Waals surface area (Å²) in [5, 5.41) is 9.61. The van der Waals surface area contributed by atoms with Gasteiger partial charge < -0.3 is 15.2 Å². The van der Waals surface area contributed by atoms with Crippen LogP contribution in [0, 0.1) is 6.92 Å². The van der Waals surface area contributed by atoms with E-state index in [1.54, 1.807) is 6.07 Å². The van der Waals surface area contributed by atoms with Crippen molar-refractivity contribution in [2.24, 2.45) is 0 Å². The van der Waals surface area contributed by atoms with Crippen LogP contribution in [0.2, 0.25) is 0 Å². The molecular formula is C14H17N3O2. The van der Waals surface area contributed by atoms with Crippen LogP contribution in [-0.2, 0) is 0 Å². The number of aryl methyl sites for hydroxylation is 1. The van der Waals surface area contributed by atoms with Crippen molar-refractivity contribution in [3.05, 3.63) is 41.7 Å². The fourth-order valence-electron chi connectivity index (χ4n) is 1.72. The van der Waals surface area contributed by atoms with E-state index < -0.39 is 0 Å². The average molecular weight is 259 g/mol. The highest BCUT2D eigenvalue weighted by molar-refractivity contribution is 6.07. The SMILES string of the molecule is CCCNc1ccc(C)cc1C(=O)Nc1ccon1. The van der Waals surface area contributed by atoms with Gasteiger partial charge in [-0.2, -0.15) is 0 Å². The fraction of sp³-hybridized carbons (Fsp3) is 0.286. The van der Waals surface area contributed by atoms with Crippen LogP contribution in [0.25, 0.3) is 0 Å². The van der Waals surface area contributed by atoms with Crippen molar-refractivity contribution in [3.8, 4) is 0 Å². The van der Waals surface area contributed by atoms with Gasteiger partial charge in [-0.15, -0.1) is 0 Å². The van der Waals surface area contributed by atoms with Crippen molar-refractivity contribution < 1.29 is 9.32 Å². The standard InChI is InChI=1S/C14H17N3O2/c1-3-7-15-12-5-4-10(2)9-11(12)14(18)16-13-6-8-19-17-13/h4-6,8-9,15H,3,7H2,1-2H3,(H,16,17,18). The predicted octanol–water partition coefficient (Wildman–Crippen LogP) is 3.06. The van der Waals surface area contributed by atoms with Gasteiger partial charge in [-0.1, -0.05) is 23.7 Å². The number of rotatable bonds is 5. The molecule has 1 amide bonds. The lowest BCUT2D eigenvalue weighted by Gasteiger charge is -2.11. The first-order valence-corrected chi connectivity index (χ1v) is 6.27. The van der Waals surface area contributed by atoms with Gasteiger partial charge in [-0.3, -0.25) is 4.79 Å². The molecule has 0 aliphatic heterocycles. The maximum Gasteiger partial charge on any atom is 0.259 e. The Bertz CT molecular complexity index is 550. The van der Waals surface area contributed by atoms with Crippen molar-refractivity contribution in [1.29, 1.82) is 0 Å². The third-order valence-corrected chi connectivity index (χ3v) is 2.66. The van der Waals surface area contributed by atoms with Crippen molar-refractivity contribution >= 4 is 17.4 Å². The van der Waals surface area contributed by atoms with Crippen molar-refractivity contribution in [2.75, 3.05) is 17.2 Å². The molecule has 1 aromatic carbocycles. The van der Waals surface area contributed by atoms with Gasteiger partial charge >= 0.3 is 0 Å². The van der Waals surface area contributed by atoms with Crippen molar-refractivity contribution in [1.82, 2.24) is 5.16 Å². The van der Waals surface area contributed by atoms with Gasteiger partial charge in [0.15, 0.2) is 5.82 Å². The molecule has 1 aromatic heterocycles. The number of hydrogen-bond donors (Lipinski definition) is 2. The maximum absolute atomic E-state index is 12.2. The van der Waals surface area contributed by atoms with Crippen LogP contribution in [-0.4, -0.2) is 17.6 Å². The highest BCUT2D eigenvalue weighted by atomic mass is 16.5. The topological polar surface area (TPSA) is 67.2 Å². The molecule has 0 aliphatic carbocycles. The second kappa shape index (κ2) is 6.04. The summed E-state index contributed by atoms with van der Waals surface area (Å²) in [6, 6.07) is 7.35. The molecule has 0 atom stereocenters. The van der Waals surface area contributed by atoms with Crippen LogP contribution in [0.3, 0.4) is 0 Å². The molecule has 5 heteroatoms. The average Bonchev–Trinajstić information content (AvgIpc) is 2.90. The molecule has 2 N–H and O–H groups in total. The molecule has 1 heterocycles. The van der Waals surface area contributed by atoms with Crippen LogP contribution < -0.4 is 10.6 Å². The molecule has 0 saturated carbocycles. The van der Waals surface area contributed by atoms with E-state index >= 15 is 0 Å². The summed E-state index contributed by atoms with van der Waals surface area (Å²) in [7, 11) is 0. The quantitative estimate of drug-likeness (QED) is 0.866. The van der Waals surface area contributed by atoms with E-state index in [2.05, 4.69) is 27.2 Å². The van der Waals surface area contributed by atoms with Gasteiger partial charge in [0.2, 0.25) is 0 Å². The molecule has 0 unspecified atom stereocenters. The number of nitrogens with zero attached hydrogens (tertiary/aromatic N) is 1. The van der Waals surface area contributed by atoms with E-state index in [0.717, 1.165) is 24.2 Å². The summed E-state index contributed by atoms with van der Waals surface area (Å²) in [6.07, 6.45) is 2.42. The van der Waals surface area contributed by atoms with Crippen LogP contribution in [0.5, 0.6) is 0 Å². The minimum absolute atomic E-state index is 0.198. The Morgan fingerprint density at radius 1 is 1.37 bits per heavy atom. The summed E-state index contributed by atoms with van der Waals surface area (Å²) >= 11 is 0. The molecule has 0 bridgehead atoms. The zero-order valence-electron chi connectivity index (χ0n) is 11.1. The molecule has 2 rings (SSSR count). The lowest BCUT2D eigenvalue weighted by molar-refractivity contribution is 0.102. The number of aromatic nitrogens is 1. The Kier molecular flexibility index (Phi) is 4.18. The Morgan fingerprint density at radius 3 is 2.89 bits per heavy atom. The second-order valence-electron chi connectivity index (χ2n) is 4.31. The molecule has 5 nitrogen and oxygen atoms in total. The summed E-state index contributed by atoms with van der Waals surface area (Å²) in [5.74, 6) is 0.212. The first kappa shape index (κ1) is 13.1. The Labute approximate surface area is 112 Å². The molecule has 100 valence electrons. The van der Waals surface area contributed by atoms with E-state index in [4.69, 9.17) is 0 Å². The van der Waals surface area contributed by atoms with Gasteiger partial charge in [0.1, 0.15) is 6.26 Å². The number of nitrogens with one attached hydrogen (secondary N) is 2. The van der Waals surface area contributed by atoms with Gasteiger partial charge in [0, 0.05) is 18.3 Å². The third kappa shape index (κ3) is 3.34. The van der Waals surface area contributed by atoms with E-state index in [9.17, 15) is 4.79 Å². The molecule has 0 radical (unpaired) electrons. The smallest absolute Gasteiger partial charge is 0.259 e. The Balaban J connectivity index is 2.21. The zero-order valence-corrected chi connectivity index (χ0v) is 11.1. The number of amides is 1. The molecule has 19 heavy (non-hydrogen) atoms. The molecule has 0 spiro atoms. The van der Waals surface area contributed by atoms with Gasteiger partial charge in [0.05, 0.1) is 5.56 Å². The van der Waals surface area contributed by atoms with E-state index in [-0.39, 0.29) is 5.91 Å². The fourth-order valence-corrected chi connectivity index (χ4v) is 1.72. The van der Waals surface area contributed by atoms with Gasteiger partial charge in [0.25, 0.3) is 5.91 Å². The lowest BCUT2D eigenvalue weighted by atomic mass is 10.1. The van der Waals surface area contributed by atoms with Crippen molar-refractivity contribution in [2.45, 2.75) is 20.3 Å². The minimum atomic E-state index is -0.198. The minimum Gasteiger partial charge on any atom is -0.384 e.